The maximum Gasteiger partial charge on any atom is 0.282 e. The molecule has 1 aromatic heterocycles. The summed E-state index contributed by atoms with van der Waals surface area (Å²) < 4.78 is 14.1. The Morgan fingerprint density at radius 1 is 1.23 bits per heavy atom. The fraction of sp³-hybridized carbons (Fsp3) is 0.444. The van der Waals surface area contributed by atoms with E-state index in [1.165, 1.54) is 11.1 Å². The predicted octanol–water partition coefficient (Wildman–Crippen LogP) is 7.32. The fourth-order valence-electron chi connectivity index (χ4n) is 4.35. The molecule has 3 aromatic rings. The zero-order valence-electron chi connectivity index (χ0n) is 20.4. The van der Waals surface area contributed by atoms with Crippen molar-refractivity contribution in [2.45, 2.75) is 71.3 Å². The van der Waals surface area contributed by atoms with E-state index in [-0.39, 0.29) is 17.6 Å². The minimum absolute atomic E-state index is 0.00542. The van der Waals surface area contributed by atoms with E-state index in [0.29, 0.717) is 45.4 Å². The van der Waals surface area contributed by atoms with Crippen LogP contribution >= 0.6 is 27.5 Å². The van der Waals surface area contributed by atoms with Crippen LogP contribution in [0.25, 0.3) is 10.9 Å². The fourth-order valence-corrected chi connectivity index (χ4v) is 4.98. The van der Waals surface area contributed by atoms with E-state index in [1.807, 2.05) is 32.0 Å². The molecular weight excluding hydrogens is 530 g/mol. The number of aromatic nitrogens is 2. The third-order valence-corrected chi connectivity index (χ3v) is 7.13. The van der Waals surface area contributed by atoms with Crippen LogP contribution in [0.5, 0.6) is 11.5 Å². The van der Waals surface area contributed by atoms with Crippen molar-refractivity contribution in [3.63, 3.8) is 0 Å². The molecule has 0 saturated heterocycles. The summed E-state index contributed by atoms with van der Waals surface area (Å²) in [6, 6.07) is 9.21. The van der Waals surface area contributed by atoms with Crippen LogP contribution in [0.4, 0.5) is 0 Å². The van der Waals surface area contributed by atoms with Gasteiger partial charge in [-0.2, -0.15) is 9.78 Å². The van der Waals surface area contributed by atoms with Crippen LogP contribution in [0.15, 0.2) is 44.7 Å². The van der Waals surface area contributed by atoms with E-state index in [1.54, 1.807) is 18.3 Å². The van der Waals surface area contributed by atoms with E-state index in [0.717, 1.165) is 36.6 Å². The topological polar surface area (TPSA) is 65.7 Å². The highest BCUT2D eigenvalue weighted by Crippen LogP contribution is 2.37. The average Bonchev–Trinajstić information content (AvgIpc) is 2.86. The minimum Gasteiger partial charge on any atom is -0.490 e. The number of hydrogen-bond acceptors (Lipinski definition) is 5. The smallest absolute Gasteiger partial charge is 0.282 e. The second-order valence-corrected chi connectivity index (χ2v) is 10.3. The Labute approximate surface area is 219 Å². The molecule has 35 heavy (non-hydrogen) atoms. The van der Waals surface area contributed by atoms with Crippen LogP contribution < -0.4 is 15.0 Å². The molecule has 0 radical (unpaired) electrons. The highest BCUT2D eigenvalue weighted by Gasteiger charge is 2.23. The zero-order chi connectivity index (χ0) is 24.9. The molecule has 0 bridgehead atoms. The van der Waals surface area contributed by atoms with Crippen molar-refractivity contribution in [1.29, 1.82) is 0 Å². The van der Waals surface area contributed by atoms with E-state index in [9.17, 15) is 4.79 Å². The summed E-state index contributed by atoms with van der Waals surface area (Å²) in [4.78, 5) is 18.4. The lowest BCUT2D eigenvalue weighted by Crippen LogP contribution is -2.25. The summed E-state index contributed by atoms with van der Waals surface area (Å²) in [5.74, 6) is 2.00. The molecule has 1 fully saturated rings. The van der Waals surface area contributed by atoms with Gasteiger partial charge in [-0.05, 0) is 69.0 Å². The van der Waals surface area contributed by atoms with Gasteiger partial charge in [0, 0.05) is 10.4 Å². The van der Waals surface area contributed by atoms with Crippen molar-refractivity contribution in [3.8, 4) is 11.5 Å². The van der Waals surface area contributed by atoms with Gasteiger partial charge >= 0.3 is 0 Å². The van der Waals surface area contributed by atoms with Gasteiger partial charge in [0.1, 0.15) is 5.82 Å². The molecule has 1 atom stereocenters. The molecule has 1 saturated carbocycles. The second kappa shape index (κ2) is 11.6. The normalized spacial score (nSPS) is 15.6. The lowest BCUT2D eigenvalue weighted by molar-refractivity contribution is 0.203. The van der Waals surface area contributed by atoms with Crippen molar-refractivity contribution in [2.24, 2.45) is 5.10 Å². The third-order valence-electron chi connectivity index (χ3n) is 6.35. The maximum atomic E-state index is 13.5. The summed E-state index contributed by atoms with van der Waals surface area (Å²) in [5, 5.41) is 5.60. The van der Waals surface area contributed by atoms with Gasteiger partial charge in [-0.1, -0.05) is 53.7 Å². The second-order valence-electron chi connectivity index (χ2n) is 8.93. The van der Waals surface area contributed by atoms with Crippen molar-refractivity contribution in [1.82, 2.24) is 9.66 Å². The number of ether oxygens (including phenoxy) is 2. The van der Waals surface area contributed by atoms with Gasteiger partial charge in [-0.3, -0.25) is 4.79 Å². The molecule has 2 aromatic carbocycles. The van der Waals surface area contributed by atoms with Crippen molar-refractivity contribution in [3.05, 3.63) is 61.6 Å². The number of nitrogens with zero attached hydrogens (tertiary/aromatic N) is 3. The largest absolute Gasteiger partial charge is 0.490 e. The van der Waals surface area contributed by atoms with Crippen LogP contribution in [0, 0.1) is 0 Å². The quantitative estimate of drug-likeness (QED) is 0.271. The van der Waals surface area contributed by atoms with Gasteiger partial charge in [-0.25, -0.2) is 4.98 Å². The van der Waals surface area contributed by atoms with Crippen molar-refractivity contribution in [2.75, 3.05) is 6.61 Å². The summed E-state index contributed by atoms with van der Waals surface area (Å²) >= 11 is 10.0. The highest BCUT2D eigenvalue weighted by atomic mass is 79.9. The molecular formula is C27H31BrClN3O3. The van der Waals surface area contributed by atoms with Crippen LogP contribution in [0.1, 0.15) is 76.6 Å². The molecule has 0 aliphatic heterocycles. The van der Waals surface area contributed by atoms with Crippen LogP contribution in [-0.2, 0) is 0 Å². The summed E-state index contributed by atoms with van der Waals surface area (Å²) in [7, 11) is 0. The molecule has 0 spiro atoms. The van der Waals surface area contributed by atoms with Gasteiger partial charge < -0.3 is 9.47 Å². The van der Waals surface area contributed by atoms with Gasteiger partial charge in [0.15, 0.2) is 11.5 Å². The van der Waals surface area contributed by atoms with Crippen LogP contribution in [-0.4, -0.2) is 28.6 Å². The molecule has 8 heteroatoms. The third kappa shape index (κ3) is 5.89. The molecule has 0 N–H and O–H groups in total. The Hall–Kier alpha value is -2.38. The van der Waals surface area contributed by atoms with Gasteiger partial charge in [-0.15, -0.1) is 0 Å². The summed E-state index contributed by atoms with van der Waals surface area (Å²) in [6.45, 7) is 6.43. The number of hydrogen-bond donors (Lipinski definition) is 0. The lowest BCUT2D eigenvalue weighted by atomic mass is 9.88. The number of benzene rings is 2. The number of halogens is 2. The molecule has 0 unspecified atom stereocenters. The predicted molar refractivity (Wildman–Crippen MR) is 146 cm³/mol. The number of fused-ring (bicyclic) bond motifs is 1. The van der Waals surface area contributed by atoms with Gasteiger partial charge in [0.05, 0.1) is 34.9 Å². The van der Waals surface area contributed by atoms with Crippen molar-refractivity contribution < 1.29 is 9.47 Å². The first-order valence-electron chi connectivity index (χ1n) is 12.3. The minimum atomic E-state index is -0.180. The molecule has 6 nitrogen and oxygen atoms in total. The van der Waals surface area contributed by atoms with E-state index >= 15 is 0 Å². The maximum absolute atomic E-state index is 13.5. The molecule has 0 amide bonds. The lowest BCUT2D eigenvalue weighted by Gasteiger charge is -2.22. The standard InChI is InChI=1S/C27H31BrClN3O3/c1-4-17(3)35-25-22(29)13-18(14-24(25)34-5-2)16-30-32-26(19-9-7-6-8-10-19)31-23-12-11-20(28)15-21(23)27(32)33/h11-17,19H,4-10H2,1-3H3/t17-/m1/s1. The molecule has 1 heterocycles. The van der Waals surface area contributed by atoms with Crippen molar-refractivity contribution >= 4 is 44.6 Å². The average molecular weight is 561 g/mol. The summed E-state index contributed by atoms with van der Waals surface area (Å²) in [6.07, 6.45) is 7.99. The molecule has 4 rings (SSSR count). The highest BCUT2D eigenvalue weighted by molar-refractivity contribution is 9.10. The van der Waals surface area contributed by atoms with E-state index in [4.69, 9.17) is 26.1 Å². The van der Waals surface area contributed by atoms with E-state index in [2.05, 4.69) is 28.0 Å². The Kier molecular flexibility index (Phi) is 8.50. The van der Waals surface area contributed by atoms with Gasteiger partial charge in [0.2, 0.25) is 0 Å². The van der Waals surface area contributed by atoms with Crippen LogP contribution in [0.2, 0.25) is 5.02 Å². The Bertz CT molecular complexity index is 1280. The van der Waals surface area contributed by atoms with E-state index < -0.39 is 0 Å². The Balaban J connectivity index is 1.79. The first-order chi connectivity index (χ1) is 16.9. The van der Waals surface area contributed by atoms with Gasteiger partial charge in [0.25, 0.3) is 5.56 Å². The Morgan fingerprint density at radius 3 is 2.71 bits per heavy atom. The number of rotatable bonds is 8. The zero-order valence-corrected chi connectivity index (χ0v) is 22.7. The SMILES string of the molecule is CCOc1cc(C=Nn2c(C3CCCCC3)nc3ccc(Br)cc3c2=O)cc(Cl)c1O[C@H](C)CC. The first kappa shape index (κ1) is 25.7. The summed E-state index contributed by atoms with van der Waals surface area (Å²) in [5.41, 5.74) is 1.23. The monoisotopic (exact) mass is 559 g/mol. The molecule has 186 valence electrons. The molecule has 1 aliphatic rings. The Morgan fingerprint density at radius 2 is 2.00 bits per heavy atom. The van der Waals surface area contributed by atoms with Crippen LogP contribution in [0.3, 0.4) is 0 Å². The first-order valence-corrected chi connectivity index (χ1v) is 13.5. The molecule has 1 aliphatic carbocycles.